The van der Waals surface area contributed by atoms with Crippen molar-refractivity contribution in [2.75, 3.05) is 40.3 Å². The fourth-order valence-electron chi connectivity index (χ4n) is 2.98. The van der Waals surface area contributed by atoms with E-state index in [4.69, 9.17) is 0 Å². The minimum absolute atomic E-state index is 0.0767. The topological polar surface area (TPSA) is 35.6 Å². The second-order valence-corrected chi connectivity index (χ2v) is 5.64. The molecule has 0 aromatic rings. The van der Waals surface area contributed by atoms with E-state index in [1.54, 1.807) is 0 Å². The largest absolute Gasteiger partial charge is 0.344 e. The van der Waals surface area contributed by atoms with Gasteiger partial charge in [-0.1, -0.05) is 6.42 Å². The molecule has 1 N–H and O–H groups in total. The molecular formula is C13H25N3O. The van der Waals surface area contributed by atoms with Crippen molar-refractivity contribution in [1.82, 2.24) is 15.1 Å². The maximum Gasteiger partial charge on any atom is 0.239 e. The summed E-state index contributed by atoms with van der Waals surface area (Å²) >= 11 is 0. The van der Waals surface area contributed by atoms with Crippen LogP contribution in [0.1, 0.15) is 25.7 Å². The van der Waals surface area contributed by atoms with E-state index in [0.29, 0.717) is 11.8 Å². The normalized spacial score (nSPS) is 30.5. The summed E-state index contributed by atoms with van der Waals surface area (Å²) in [6, 6.07) is 0.0767. The lowest BCUT2D eigenvalue weighted by molar-refractivity contribution is -0.133. The van der Waals surface area contributed by atoms with Crippen LogP contribution in [0.25, 0.3) is 0 Å². The Morgan fingerprint density at radius 3 is 2.82 bits per heavy atom. The molecule has 98 valence electrons. The smallest absolute Gasteiger partial charge is 0.239 e. The number of piperidine rings is 1. The molecule has 4 heteroatoms. The molecule has 0 bridgehead atoms. The van der Waals surface area contributed by atoms with Crippen LogP contribution in [0, 0.1) is 5.92 Å². The highest BCUT2D eigenvalue weighted by Crippen LogP contribution is 2.16. The van der Waals surface area contributed by atoms with E-state index in [1.165, 1.54) is 25.8 Å². The highest BCUT2D eigenvalue weighted by Gasteiger charge is 2.27. The first-order valence-electron chi connectivity index (χ1n) is 6.83. The Morgan fingerprint density at radius 2 is 2.24 bits per heavy atom. The number of hydrogen-bond donors (Lipinski definition) is 1. The quantitative estimate of drug-likeness (QED) is 0.781. The number of likely N-dealkylation sites (tertiary alicyclic amines) is 1. The lowest BCUT2D eigenvalue weighted by Gasteiger charge is -2.29. The molecule has 1 unspecified atom stereocenters. The van der Waals surface area contributed by atoms with E-state index in [-0.39, 0.29) is 6.04 Å². The van der Waals surface area contributed by atoms with Crippen molar-refractivity contribution in [2.24, 2.45) is 5.92 Å². The lowest BCUT2D eigenvalue weighted by atomic mass is 10.0. The van der Waals surface area contributed by atoms with E-state index < -0.39 is 0 Å². The molecule has 0 spiro atoms. The van der Waals surface area contributed by atoms with Crippen LogP contribution in [0.3, 0.4) is 0 Å². The van der Waals surface area contributed by atoms with Gasteiger partial charge in [-0.25, -0.2) is 0 Å². The number of hydrogen-bond acceptors (Lipinski definition) is 3. The van der Waals surface area contributed by atoms with Gasteiger partial charge in [0.1, 0.15) is 0 Å². The molecule has 2 rings (SSSR count). The van der Waals surface area contributed by atoms with Gasteiger partial charge in [-0.15, -0.1) is 0 Å². The van der Waals surface area contributed by atoms with Crippen LogP contribution < -0.4 is 5.32 Å². The molecule has 2 saturated heterocycles. The molecule has 0 saturated carbocycles. The third-order valence-corrected chi connectivity index (χ3v) is 4.01. The molecule has 17 heavy (non-hydrogen) atoms. The molecule has 2 atom stereocenters. The van der Waals surface area contributed by atoms with E-state index in [1.807, 2.05) is 11.9 Å². The summed E-state index contributed by atoms with van der Waals surface area (Å²) in [6.07, 6.45) is 4.63. The third kappa shape index (κ3) is 3.42. The van der Waals surface area contributed by atoms with Crippen LogP contribution in [0.4, 0.5) is 0 Å². The summed E-state index contributed by atoms with van der Waals surface area (Å²) in [5, 5.41) is 3.33. The number of rotatable bonds is 3. The van der Waals surface area contributed by atoms with Gasteiger partial charge in [0.25, 0.3) is 0 Å². The van der Waals surface area contributed by atoms with E-state index >= 15 is 0 Å². The zero-order valence-corrected chi connectivity index (χ0v) is 11.1. The molecule has 0 aromatic heterocycles. The van der Waals surface area contributed by atoms with E-state index in [2.05, 4.69) is 17.3 Å². The average Bonchev–Trinajstić information content (AvgIpc) is 2.75. The summed E-state index contributed by atoms with van der Waals surface area (Å²) in [6.45, 7) is 4.22. The summed E-state index contributed by atoms with van der Waals surface area (Å²) in [7, 11) is 4.11. The predicted molar refractivity (Wildman–Crippen MR) is 68.9 cm³/mol. The molecule has 1 amide bonds. The number of carbonyl (C=O) groups is 1. The number of nitrogens with one attached hydrogen (secondary N) is 1. The number of amides is 1. The van der Waals surface area contributed by atoms with Gasteiger partial charge in [-0.05, 0) is 45.3 Å². The van der Waals surface area contributed by atoms with Crippen molar-refractivity contribution in [1.29, 1.82) is 0 Å². The van der Waals surface area contributed by atoms with Crippen molar-refractivity contribution in [2.45, 2.75) is 31.7 Å². The van der Waals surface area contributed by atoms with Gasteiger partial charge < -0.3 is 15.1 Å². The van der Waals surface area contributed by atoms with Crippen LogP contribution >= 0.6 is 0 Å². The van der Waals surface area contributed by atoms with Crippen LogP contribution in [0.2, 0.25) is 0 Å². The Bertz CT molecular complexity index is 263. The molecular weight excluding hydrogens is 214 g/mol. The van der Waals surface area contributed by atoms with Crippen LogP contribution in [0.15, 0.2) is 0 Å². The van der Waals surface area contributed by atoms with Crippen molar-refractivity contribution in [3.05, 3.63) is 0 Å². The highest BCUT2D eigenvalue weighted by atomic mass is 16.2. The Morgan fingerprint density at radius 1 is 1.41 bits per heavy atom. The molecule has 2 aliphatic heterocycles. The maximum absolute atomic E-state index is 12.2. The highest BCUT2D eigenvalue weighted by molar-refractivity contribution is 5.81. The minimum Gasteiger partial charge on any atom is -0.344 e. The predicted octanol–water partition coefficient (Wildman–Crippen LogP) is 0.539. The van der Waals surface area contributed by atoms with Gasteiger partial charge in [0.15, 0.2) is 0 Å². The first-order valence-corrected chi connectivity index (χ1v) is 6.83. The molecule has 0 aliphatic carbocycles. The average molecular weight is 239 g/mol. The van der Waals surface area contributed by atoms with Gasteiger partial charge >= 0.3 is 0 Å². The van der Waals surface area contributed by atoms with Crippen molar-refractivity contribution >= 4 is 5.91 Å². The number of nitrogens with zero attached hydrogens (tertiary/aromatic N) is 2. The van der Waals surface area contributed by atoms with Crippen molar-refractivity contribution in [3.8, 4) is 0 Å². The number of carbonyl (C=O) groups excluding carboxylic acids is 1. The Kier molecular flexibility index (Phi) is 4.40. The third-order valence-electron chi connectivity index (χ3n) is 4.01. The molecule has 0 radical (unpaired) electrons. The first kappa shape index (κ1) is 12.8. The summed E-state index contributed by atoms with van der Waals surface area (Å²) in [5.41, 5.74) is 0. The SMILES string of the molecule is CN1CCC(CN(C)C(=O)[C@H]2CCCCN2)C1. The minimum atomic E-state index is 0.0767. The Balaban J connectivity index is 1.78. The van der Waals surface area contributed by atoms with Gasteiger partial charge in [0.2, 0.25) is 5.91 Å². The van der Waals surface area contributed by atoms with Gasteiger partial charge in [-0.3, -0.25) is 4.79 Å². The zero-order valence-electron chi connectivity index (χ0n) is 11.1. The van der Waals surface area contributed by atoms with Crippen molar-refractivity contribution < 1.29 is 4.79 Å². The Hall–Kier alpha value is -0.610. The molecule has 4 nitrogen and oxygen atoms in total. The van der Waals surface area contributed by atoms with Gasteiger partial charge in [0.05, 0.1) is 6.04 Å². The molecule has 2 fully saturated rings. The second-order valence-electron chi connectivity index (χ2n) is 5.64. The van der Waals surface area contributed by atoms with Crippen LogP contribution in [-0.4, -0.2) is 62.0 Å². The summed E-state index contributed by atoms with van der Waals surface area (Å²) in [4.78, 5) is 16.5. The van der Waals surface area contributed by atoms with Crippen molar-refractivity contribution in [3.63, 3.8) is 0 Å². The number of likely N-dealkylation sites (N-methyl/N-ethyl adjacent to an activating group) is 1. The van der Waals surface area contributed by atoms with Gasteiger partial charge in [-0.2, -0.15) is 0 Å². The molecule has 2 heterocycles. The summed E-state index contributed by atoms with van der Waals surface area (Å²) in [5.74, 6) is 0.955. The Labute approximate surface area is 104 Å². The zero-order chi connectivity index (χ0) is 12.3. The maximum atomic E-state index is 12.2. The molecule has 0 aromatic carbocycles. The van der Waals surface area contributed by atoms with Crippen LogP contribution in [-0.2, 0) is 4.79 Å². The second kappa shape index (κ2) is 5.83. The summed E-state index contributed by atoms with van der Waals surface area (Å²) < 4.78 is 0. The lowest BCUT2D eigenvalue weighted by Crippen LogP contribution is -2.48. The monoisotopic (exact) mass is 239 g/mol. The fraction of sp³-hybridized carbons (Fsp3) is 0.923. The first-order chi connectivity index (χ1) is 8.16. The standard InChI is InChI=1S/C13H25N3O/c1-15-8-6-11(9-15)10-16(2)13(17)12-5-3-4-7-14-12/h11-12,14H,3-10H2,1-2H3/t11?,12-/m1/s1. The van der Waals surface area contributed by atoms with Crippen LogP contribution in [0.5, 0.6) is 0 Å². The molecule has 2 aliphatic rings. The van der Waals surface area contributed by atoms with Gasteiger partial charge in [0, 0.05) is 20.1 Å². The van der Waals surface area contributed by atoms with E-state index in [9.17, 15) is 4.79 Å². The fourth-order valence-corrected chi connectivity index (χ4v) is 2.98. The van der Waals surface area contributed by atoms with E-state index in [0.717, 1.165) is 26.1 Å².